The number of hydrogen-bond acceptors (Lipinski definition) is 7. The Hall–Kier alpha value is -3.73. The minimum atomic E-state index is -0.602. The molecule has 3 heterocycles. The summed E-state index contributed by atoms with van der Waals surface area (Å²) in [6.45, 7) is 8.08. The Morgan fingerprint density at radius 3 is 2.64 bits per heavy atom. The minimum Gasteiger partial charge on any atom is -0.444 e. The van der Waals surface area contributed by atoms with Gasteiger partial charge in [0.15, 0.2) is 11.2 Å². The molecule has 0 saturated carbocycles. The first-order valence-corrected chi connectivity index (χ1v) is 10.8. The van der Waals surface area contributed by atoms with Crippen LogP contribution in [0.3, 0.4) is 0 Å². The molecule has 33 heavy (non-hydrogen) atoms. The first-order chi connectivity index (χ1) is 15.6. The molecule has 1 aliphatic heterocycles. The third-order valence-corrected chi connectivity index (χ3v) is 5.28. The van der Waals surface area contributed by atoms with E-state index >= 15 is 0 Å². The van der Waals surface area contributed by atoms with Crippen LogP contribution < -0.4 is 21.5 Å². The molecule has 1 fully saturated rings. The number of amides is 1. The summed E-state index contributed by atoms with van der Waals surface area (Å²) in [6.07, 6.45) is 1.08. The SMILES string of the molecule is CC#CCn1c(N2CCC[C@@H](NC(=O)OC(C)(C)C)C2)nc2c1c(=O)n(CC#N)c(=O)n2C. The number of hydrogen-bond donors (Lipinski definition) is 1. The van der Waals surface area contributed by atoms with E-state index in [1.165, 1.54) is 11.6 Å². The van der Waals surface area contributed by atoms with Crippen LogP contribution in [-0.2, 0) is 24.9 Å². The van der Waals surface area contributed by atoms with Crippen molar-refractivity contribution in [3.05, 3.63) is 20.8 Å². The van der Waals surface area contributed by atoms with Gasteiger partial charge in [-0.3, -0.25) is 13.9 Å². The highest BCUT2D eigenvalue weighted by atomic mass is 16.6. The topological polar surface area (TPSA) is 127 Å². The van der Waals surface area contributed by atoms with E-state index in [1.54, 1.807) is 32.3 Å². The molecule has 0 radical (unpaired) electrons. The van der Waals surface area contributed by atoms with Crippen molar-refractivity contribution >= 4 is 23.2 Å². The van der Waals surface area contributed by atoms with Gasteiger partial charge >= 0.3 is 11.8 Å². The molecule has 1 atom stereocenters. The predicted octanol–water partition coefficient (Wildman–Crippen LogP) is 0.937. The number of alkyl carbamates (subject to hydrolysis) is 1. The summed E-state index contributed by atoms with van der Waals surface area (Å²) in [5.74, 6) is 6.27. The van der Waals surface area contributed by atoms with Gasteiger partial charge in [-0.2, -0.15) is 10.2 Å². The van der Waals surface area contributed by atoms with Crippen molar-refractivity contribution < 1.29 is 9.53 Å². The van der Waals surface area contributed by atoms with Gasteiger partial charge in [0, 0.05) is 26.2 Å². The van der Waals surface area contributed by atoms with Gasteiger partial charge in [-0.25, -0.2) is 14.2 Å². The van der Waals surface area contributed by atoms with Crippen LogP contribution in [-0.4, -0.2) is 49.5 Å². The van der Waals surface area contributed by atoms with E-state index in [9.17, 15) is 14.4 Å². The number of ether oxygens (including phenoxy) is 1. The molecule has 11 nitrogen and oxygen atoms in total. The maximum atomic E-state index is 13.1. The van der Waals surface area contributed by atoms with Crippen molar-refractivity contribution in [2.45, 2.75) is 65.3 Å². The van der Waals surface area contributed by atoms with Crippen LogP contribution in [0.1, 0.15) is 40.5 Å². The zero-order chi connectivity index (χ0) is 24.3. The number of carbonyl (C=O) groups is 1. The van der Waals surface area contributed by atoms with E-state index < -0.39 is 22.9 Å². The highest BCUT2D eigenvalue weighted by molar-refractivity contribution is 5.75. The molecular weight excluding hydrogens is 426 g/mol. The van der Waals surface area contributed by atoms with Gasteiger partial charge in [-0.1, -0.05) is 5.92 Å². The number of carbonyl (C=O) groups excluding carboxylic acids is 1. The minimum absolute atomic E-state index is 0.168. The number of anilines is 1. The van der Waals surface area contributed by atoms with Crippen LogP contribution in [0, 0.1) is 23.2 Å². The third kappa shape index (κ3) is 5.03. The fourth-order valence-corrected chi connectivity index (χ4v) is 3.87. The second kappa shape index (κ2) is 9.41. The van der Waals surface area contributed by atoms with E-state index in [2.05, 4.69) is 22.1 Å². The van der Waals surface area contributed by atoms with Gasteiger partial charge in [0.25, 0.3) is 5.56 Å². The average Bonchev–Trinajstić information content (AvgIpc) is 3.12. The van der Waals surface area contributed by atoms with Crippen molar-refractivity contribution in [2.75, 3.05) is 18.0 Å². The number of rotatable bonds is 4. The fraction of sp³-hybridized carbons (Fsp3) is 0.591. The molecule has 176 valence electrons. The van der Waals surface area contributed by atoms with Gasteiger partial charge in [-0.05, 0) is 40.5 Å². The number of piperidine rings is 1. The second-order valence-electron chi connectivity index (χ2n) is 8.92. The molecule has 0 unspecified atom stereocenters. The van der Waals surface area contributed by atoms with Crippen LogP contribution in [0.25, 0.3) is 11.2 Å². The predicted molar refractivity (Wildman–Crippen MR) is 123 cm³/mol. The Kier molecular flexibility index (Phi) is 6.82. The van der Waals surface area contributed by atoms with Crippen LogP contribution in [0.5, 0.6) is 0 Å². The van der Waals surface area contributed by atoms with Gasteiger partial charge < -0.3 is 15.0 Å². The molecule has 3 rings (SSSR count). The Morgan fingerprint density at radius 1 is 1.27 bits per heavy atom. The Labute approximate surface area is 191 Å². The van der Waals surface area contributed by atoms with Crippen molar-refractivity contribution in [3.8, 4) is 17.9 Å². The Balaban J connectivity index is 2.04. The lowest BCUT2D eigenvalue weighted by Crippen LogP contribution is -2.49. The standard InChI is InChI=1S/C22H29N7O4/c1-6-7-12-28-16-17(26(5)21(32)29(13-10-23)18(16)30)25-19(28)27-11-8-9-15(14-27)24-20(31)33-22(2,3)4/h15H,8-9,11-14H2,1-5H3,(H,24,31)/t15-/m1/s1. The molecule has 1 amide bonds. The zero-order valence-electron chi connectivity index (χ0n) is 19.6. The summed E-state index contributed by atoms with van der Waals surface area (Å²) in [6, 6.07) is 1.69. The smallest absolute Gasteiger partial charge is 0.407 e. The molecule has 11 heteroatoms. The fourth-order valence-electron chi connectivity index (χ4n) is 3.87. The highest BCUT2D eigenvalue weighted by Gasteiger charge is 2.29. The first-order valence-electron chi connectivity index (χ1n) is 10.8. The quantitative estimate of drug-likeness (QED) is 0.680. The Morgan fingerprint density at radius 2 is 2.00 bits per heavy atom. The first kappa shape index (κ1) is 23.9. The molecule has 2 aromatic rings. The third-order valence-electron chi connectivity index (χ3n) is 5.28. The molecular formula is C22H29N7O4. The monoisotopic (exact) mass is 455 g/mol. The maximum absolute atomic E-state index is 13.1. The molecule has 2 aromatic heterocycles. The van der Waals surface area contributed by atoms with Crippen LogP contribution >= 0.6 is 0 Å². The van der Waals surface area contributed by atoms with Crippen LogP contribution in [0.2, 0.25) is 0 Å². The van der Waals surface area contributed by atoms with Gasteiger partial charge in [0.05, 0.1) is 12.6 Å². The molecule has 0 bridgehead atoms. The number of aromatic nitrogens is 4. The van der Waals surface area contributed by atoms with E-state index in [0.717, 1.165) is 17.4 Å². The maximum Gasteiger partial charge on any atom is 0.407 e. The van der Waals surface area contributed by atoms with Crippen molar-refractivity contribution in [2.24, 2.45) is 7.05 Å². The lowest BCUT2D eigenvalue weighted by atomic mass is 10.1. The second-order valence-corrected chi connectivity index (χ2v) is 8.92. The van der Waals surface area contributed by atoms with Crippen LogP contribution in [0.4, 0.5) is 10.7 Å². The van der Waals surface area contributed by atoms with Crippen molar-refractivity contribution in [3.63, 3.8) is 0 Å². The number of aryl methyl sites for hydroxylation is 1. The highest BCUT2D eigenvalue weighted by Crippen LogP contribution is 2.23. The molecule has 0 aliphatic carbocycles. The summed E-state index contributed by atoms with van der Waals surface area (Å²) >= 11 is 0. The van der Waals surface area contributed by atoms with Gasteiger partial charge in [-0.15, -0.1) is 5.92 Å². The summed E-state index contributed by atoms with van der Waals surface area (Å²) in [5.41, 5.74) is -1.33. The average molecular weight is 456 g/mol. The molecule has 0 spiro atoms. The lowest BCUT2D eigenvalue weighted by Gasteiger charge is -2.34. The van der Waals surface area contributed by atoms with E-state index in [-0.39, 0.29) is 30.3 Å². The summed E-state index contributed by atoms with van der Waals surface area (Å²) in [4.78, 5) is 44.6. The largest absolute Gasteiger partial charge is 0.444 e. The number of imidazole rings is 1. The Bertz CT molecular complexity index is 1280. The summed E-state index contributed by atoms with van der Waals surface area (Å²) in [5, 5.41) is 12.0. The molecule has 0 aromatic carbocycles. The number of nitriles is 1. The molecule has 1 N–H and O–H groups in total. The van der Waals surface area contributed by atoms with Gasteiger partial charge in [0.2, 0.25) is 5.95 Å². The number of fused-ring (bicyclic) bond motifs is 1. The van der Waals surface area contributed by atoms with Crippen molar-refractivity contribution in [1.29, 1.82) is 5.26 Å². The van der Waals surface area contributed by atoms with E-state index in [0.29, 0.717) is 19.0 Å². The summed E-state index contributed by atoms with van der Waals surface area (Å²) < 4.78 is 9.22. The van der Waals surface area contributed by atoms with Crippen LogP contribution in [0.15, 0.2) is 9.59 Å². The van der Waals surface area contributed by atoms with E-state index in [1.807, 2.05) is 11.0 Å². The molecule has 1 saturated heterocycles. The number of nitrogens with one attached hydrogen (secondary N) is 1. The molecule has 1 aliphatic rings. The normalized spacial score (nSPS) is 16.1. The number of nitrogens with zero attached hydrogens (tertiary/aromatic N) is 6. The van der Waals surface area contributed by atoms with E-state index in [4.69, 9.17) is 10.00 Å². The summed E-state index contributed by atoms with van der Waals surface area (Å²) in [7, 11) is 1.52. The van der Waals surface area contributed by atoms with Gasteiger partial charge in [0.1, 0.15) is 12.1 Å². The zero-order valence-corrected chi connectivity index (χ0v) is 19.6. The lowest BCUT2D eigenvalue weighted by molar-refractivity contribution is 0.0500. The van der Waals surface area contributed by atoms with Crippen molar-refractivity contribution in [1.82, 2.24) is 24.0 Å².